The topological polar surface area (TPSA) is 0 Å². The van der Waals surface area contributed by atoms with E-state index in [1.165, 1.54) is 0 Å². The second-order valence-corrected chi connectivity index (χ2v) is 65.3. The van der Waals surface area contributed by atoms with Crippen LogP contribution in [0.1, 0.15) is 0 Å². The van der Waals surface area contributed by atoms with Crippen molar-refractivity contribution in [1.29, 1.82) is 0 Å². The van der Waals surface area contributed by atoms with Crippen LogP contribution in [0.25, 0.3) is 0 Å². The third-order valence-electron chi connectivity index (χ3n) is 0.339. The number of hydrogen-bond acceptors (Lipinski definition) is 0. The van der Waals surface area contributed by atoms with Crippen molar-refractivity contribution < 1.29 is 0 Å². The number of hydrogen-bond donors (Lipinski definition) is 0. The Morgan fingerprint density at radius 3 is 0.875 bits per heavy atom. The van der Waals surface area contributed by atoms with Gasteiger partial charge in [0.1, 0.15) is 0 Å². The van der Waals surface area contributed by atoms with Crippen molar-refractivity contribution in [2.45, 2.75) is 0 Å². The van der Waals surface area contributed by atoms with Crippen LogP contribution in [0, 0.1) is 0 Å². The quantitative estimate of drug-likeness (QED) is 0.277. The fourth-order valence-electron chi connectivity index (χ4n) is 0. The van der Waals surface area contributed by atoms with E-state index in [9.17, 15) is 0 Å². The Labute approximate surface area is 95.9 Å². The molecule has 0 amide bonds. The second kappa shape index (κ2) is 4.28. The summed E-state index contributed by atoms with van der Waals surface area (Å²) < 4.78 is -1.70. The van der Waals surface area contributed by atoms with Crippen molar-refractivity contribution in [3.05, 3.63) is 0 Å². The molecule has 0 aromatic heterocycles. The van der Waals surface area contributed by atoms with E-state index in [0.29, 0.717) is 0 Å². The van der Waals surface area contributed by atoms with Crippen LogP contribution in [0.2, 0.25) is 0 Å². The summed E-state index contributed by atoms with van der Waals surface area (Å²) in [5.74, 6) is 0. The molecule has 0 aliphatic heterocycles. The van der Waals surface area contributed by atoms with E-state index < -0.39 is 5.15 Å². The van der Waals surface area contributed by atoms with Gasteiger partial charge in [-0.3, -0.25) is 0 Å². The van der Waals surface area contributed by atoms with Gasteiger partial charge in [-0.2, -0.15) is 0 Å². The molecule has 0 aliphatic carbocycles. The molecule has 0 bridgehead atoms. The molecular weight excluding hydrogens is 536 g/mol. The summed E-state index contributed by atoms with van der Waals surface area (Å²) in [6.07, 6.45) is 0. The van der Waals surface area contributed by atoms with Gasteiger partial charge in [-0.1, -0.05) is 0 Å². The molecule has 0 N–H and O–H groups in total. The summed E-state index contributed by atoms with van der Waals surface area (Å²) in [5.41, 5.74) is 0. The van der Waals surface area contributed by atoms with Crippen LogP contribution in [-0.4, -0.2) is 92.5 Å². The first-order chi connectivity index (χ1) is 3.25. The standard InChI is InChI=1S/H4P2Se6/c3-1(4,5)2(6,7)8/h(H2,3,4,5)(H2,6,7,8). The van der Waals surface area contributed by atoms with Crippen LogP contribution in [-0.2, 0) is 0 Å². The molecule has 50 valence electrons. The monoisotopic (exact) mass is 545 g/mol. The first kappa shape index (κ1) is 12.0. The Morgan fingerprint density at radius 2 is 0.875 bits per heavy atom. The zero-order chi connectivity index (χ0) is 7.00. The van der Waals surface area contributed by atoms with E-state index in [1.54, 1.807) is 0 Å². The van der Waals surface area contributed by atoms with E-state index >= 15 is 0 Å². The van der Waals surface area contributed by atoms with Gasteiger partial charge < -0.3 is 0 Å². The third kappa shape index (κ3) is 4.77. The minimum absolute atomic E-state index is 0.850. The molecule has 0 saturated carbocycles. The Morgan fingerprint density at radius 1 is 0.750 bits per heavy atom. The molecule has 8 heteroatoms. The van der Waals surface area contributed by atoms with Gasteiger partial charge in [-0.25, -0.2) is 0 Å². The molecule has 0 radical (unpaired) electrons. The molecule has 0 nitrogen and oxygen atoms in total. The molecule has 0 heterocycles. The zero-order valence-electron chi connectivity index (χ0n) is 3.50. The second-order valence-electron chi connectivity index (χ2n) is 1.03. The predicted octanol–water partition coefficient (Wildman–Crippen LogP) is -1.63. The normalized spacial score (nSPS) is 14.0. The maximum atomic E-state index is 3.20. The van der Waals surface area contributed by atoms with Gasteiger partial charge >= 0.3 is 97.6 Å². The Hall–Kier alpha value is 3.98. The van der Waals surface area contributed by atoms with E-state index in [-0.39, 0.29) is 0 Å². The van der Waals surface area contributed by atoms with E-state index in [2.05, 4.69) is 92.5 Å². The van der Waals surface area contributed by atoms with Gasteiger partial charge in [0.15, 0.2) is 0 Å². The first-order valence-electron chi connectivity index (χ1n) is 1.37. The summed E-state index contributed by atoms with van der Waals surface area (Å²) in [7, 11) is 0. The van der Waals surface area contributed by atoms with Crippen LogP contribution in [0.15, 0.2) is 0 Å². The average Bonchev–Trinajstić information content (AvgIpc) is 1.25. The van der Waals surface area contributed by atoms with Gasteiger partial charge in [0.25, 0.3) is 0 Å². The molecule has 8 heavy (non-hydrogen) atoms. The molecule has 0 fully saturated rings. The first-order valence-corrected chi connectivity index (χ1v) is 20.0. The molecule has 0 unspecified atom stereocenters. The molecule has 0 rings (SSSR count). The Kier molecular flexibility index (Phi) is 6.41. The fraction of sp³-hybridized carbons (Fsp3) is 0. The van der Waals surface area contributed by atoms with E-state index in [4.69, 9.17) is 0 Å². The Balaban J connectivity index is 4.53. The van der Waals surface area contributed by atoms with Gasteiger partial charge in [-0.15, -0.1) is 0 Å². The summed E-state index contributed by atoms with van der Waals surface area (Å²) in [6, 6.07) is 0. The molecule has 0 spiro atoms. The SMILES string of the molecule is [Se]=P([SeH])([SeH])P(=[Se])([SeH])[SeH]. The van der Waals surface area contributed by atoms with Crippen LogP contribution in [0.4, 0.5) is 0 Å². The van der Waals surface area contributed by atoms with Crippen LogP contribution in [0.3, 0.4) is 0 Å². The summed E-state index contributed by atoms with van der Waals surface area (Å²) in [4.78, 5) is 0. The molecular formula is H4P2Se6. The van der Waals surface area contributed by atoms with Crippen LogP contribution in [0.5, 0.6) is 0 Å². The summed E-state index contributed by atoms with van der Waals surface area (Å²) in [5, 5.41) is 0. The zero-order valence-corrected chi connectivity index (χ0v) is 16.2. The van der Waals surface area contributed by atoms with Crippen molar-refractivity contribution in [3.8, 4) is 0 Å². The minimum atomic E-state index is -0.850. The van der Waals surface area contributed by atoms with Crippen molar-refractivity contribution in [2.24, 2.45) is 0 Å². The Bertz CT molecular complexity index is 135. The van der Waals surface area contributed by atoms with Gasteiger partial charge in [0, 0.05) is 0 Å². The molecule has 0 aromatic carbocycles. The summed E-state index contributed by atoms with van der Waals surface area (Å²) in [6.45, 7) is 0. The predicted molar refractivity (Wildman–Crippen MR) is 53.9 cm³/mol. The molecule has 0 aliphatic rings. The maximum absolute atomic E-state index is 3.20. The van der Waals surface area contributed by atoms with Crippen LogP contribution < -0.4 is 0 Å². The molecule has 0 atom stereocenters. The van der Waals surface area contributed by atoms with Crippen LogP contribution >= 0.6 is 5.15 Å². The summed E-state index contributed by atoms with van der Waals surface area (Å²) >= 11 is 17.3. The van der Waals surface area contributed by atoms with Crippen molar-refractivity contribution in [1.82, 2.24) is 0 Å². The van der Waals surface area contributed by atoms with Gasteiger partial charge in [0.05, 0.1) is 0 Å². The third-order valence-corrected chi connectivity index (χ3v) is 82.5. The number of rotatable bonds is 1. The van der Waals surface area contributed by atoms with Gasteiger partial charge in [0.2, 0.25) is 0 Å². The van der Waals surface area contributed by atoms with Crippen molar-refractivity contribution >= 4 is 97.6 Å². The average molecular weight is 540 g/mol. The molecule has 0 saturated heterocycles. The molecule has 0 aromatic rings. The van der Waals surface area contributed by atoms with Crippen molar-refractivity contribution in [3.63, 3.8) is 0 Å². The fourth-order valence-corrected chi connectivity index (χ4v) is 0. The van der Waals surface area contributed by atoms with Crippen molar-refractivity contribution in [2.75, 3.05) is 0 Å². The van der Waals surface area contributed by atoms with E-state index in [0.717, 1.165) is 0 Å². The van der Waals surface area contributed by atoms with Gasteiger partial charge in [-0.05, 0) is 0 Å². The van der Waals surface area contributed by atoms with E-state index in [1.807, 2.05) is 0 Å².